The fourth-order valence-electron chi connectivity index (χ4n) is 1.69. The Balaban J connectivity index is 2.64. The molecule has 1 atom stereocenters. The number of esters is 1. The summed E-state index contributed by atoms with van der Waals surface area (Å²) in [6.45, 7) is 1.65. The van der Waals surface area contributed by atoms with Crippen LogP contribution in [0.4, 0.5) is 0 Å². The van der Waals surface area contributed by atoms with Crippen LogP contribution in [0.2, 0.25) is 0 Å². The molecule has 96 valence electrons. The van der Waals surface area contributed by atoms with E-state index >= 15 is 0 Å². The third-order valence-electron chi connectivity index (χ3n) is 2.56. The van der Waals surface area contributed by atoms with E-state index < -0.39 is 0 Å². The van der Waals surface area contributed by atoms with Gasteiger partial charge in [0.25, 0.3) is 0 Å². The van der Waals surface area contributed by atoms with E-state index in [4.69, 9.17) is 14.7 Å². The topological polar surface area (TPSA) is 59.3 Å². The molecule has 0 aliphatic rings. The fraction of sp³-hybridized carbons (Fsp3) is 0.429. The van der Waals surface area contributed by atoms with Gasteiger partial charge in [0.05, 0.1) is 19.8 Å². The van der Waals surface area contributed by atoms with Crippen molar-refractivity contribution in [3.05, 3.63) is 29.8 Å². The van der Waals surface area contributed by atoms with Gasteiger partial charge < -0.3 is 9.47 Å². The molecule has 0 bridgehead atoms. The molecule has 0 spiro atoms. The minimum atomic E-state index is -0.316. The van der Waals surface area contributed by atoms with Crippen molar-refractivity contribution in [1.29, 1.82) is 5.26 Å². The summed E-state index contributed by atoms with van der Waals surface area (Å²) >= 11 is 0. The van der Waals surface area contributed by atoms with Crippen molar-refractivity contribution in [3.8, 4) is 11.8 Å². The van der Waals surface area contributed by atoms with E-state index in [1.807, 2.05) is 24.3 Å². The number of hydrogen-bond donors (Lipinski definition) is 0. The van der Waals surface area contributed by atoms with Crippen molar-refractivity contribution in [3.63, 3.8) is 0 Å². The minimum absolute atomic E-state index is 0.0195. The molecule has 0 amide bonds. The van der Waals surface area contributed by atoms with E-state index in [0.717, 1.165) is 11.3 Å². The summed E-state index contributed by atoms with van der Waals surface area (Å²) in [5, 5.41) is 8.77. The van der Waals surface area contributed by atoms with Crippen LogP contribution in [0, 0.1) is 17.2 Å². The Kier molecular flexibility index (Phi) is 5.72. The second-order valence-corrected chi connectivity index (χ2v) is 4.09. The van der Waals surface area contributed by atoms with Crippen molar-refractivity contribution in [2.75, 3.05) is 13.7 Å². The second kappa shape index (κ2) is 7.33. The van der Waals surface area contributed by atoms with Gasteiger partial charge in [-0.25, -0.2) is 0 Å². The van der Waals surface area contributed by atoms with Gasteiger partial charge in [-0.3, -0.25) is 4.79 Å². The molecule has 0 aromatic heterocycles. The summed E-state index contributed by atoms with van der Waals surface area (Å²) < 4.78 is 10.1. The molecule has 0 radical (unpaired) electrons. The van der Waals surface area contributed by atoms with Crippen molar-refractivity contribution < 1.29 is 14.3 Å². The molecular formula is C14H17NO3. The van der Waals surface area contributed by atoms with Crippen LogP contribution in [0.3, 0.4) is 0 Å². The van der Waals surface area contributed by atoms with Gasteiger partial charge in [-0.2, -0.15) is 5.26 Å². The van der Waals surface area contributed by atoms with Gasteiger partial charge in [0, 0.05) is 19.3 Å². The van der Waals surface area contributed by atoms with Crippen molar-refractivity contribution in [1.82, 2.24) is 0 Å². The first-order chi connectivity index (χ1) is 8.65. The summed E-state index contributed by atoms with van der Waals surface area (Å²) in [4.78, 5) is 10.8. The zero-order chi connectivity index (χ0) is 13.4. The summed E-state index contributed by atoms with van der Waals surface area (Å²) in [6, 6.07) is 9.80. The van der Waals surface area contributed by atoms with E-state index in [-0.39, 0.29) is 18.5 Å². The smallest absolute Gasteiger partial charge is 0.302 e. The first-order valence-electron chi connectivity index (χ1n) is 5.79. The lowest BCUT2D eigenvalue weighted by Crippen LogP contribution is -2.14. The molecule has 0 fully saturated rings. The lowest BCUT2D eigenvalue weighted by Gasteiger charge is -2.13. The van der Waals surface area contributed by atoms with Crippen LogP contribution in [0.25, 0.3) is 0 Å². The minimum Gasteiger partial charge on any atom is -0.497 e. The molecule has 1 aromatic rings. The number of methoxy groups -OCH3 is 1. The molecule has 0 heterocycles. The Labute approximate surface area is 107 Å². The second-order valence-electron chi connectivity index (χ2n) is 4.09. The van der Waals surface area contributed by atoms with Gasteiger partial charge in [0.2, 0.25) is 0 Å². The molecule has 0 saturated heterocycles. The zero-order valence-electron chi connectivity index (χ0n) is 10.7. The highest BCUT2D eigenvalue weighted by molar-refractivity contribution is 5.65. The van der Waals surface area contributed by atoms with Crippen LogP contribution in [-0.2, 0) is 16.0 Å². The number of benzene rings is 1. The Bertz CT molecular complexity index is 437. The number of ether oxygens (including phenoxy) is 2. The number of carbonyl (C=O) groups excluding carboxylic acids is 1. The van der Waals surface area contributed by atoms with Crippen LogP contribution >= 0.6 is 0 Å². The molecule has 1 unspecified atom stereocenters. The van der Waals surface area contributed by atoms with Crippen LogP contribution in [0.15, 0.2) is 24.3 Å². The van der Waals surface area contributed by atoms with Gasteiger partial charge in [0.1, 0.15) is 5.75 Å². The highest BCUT2D eigenvalue weighted by Gasteiger charge is 2.12. The molecule has 0 N–H and O–H groups in total. The lowest BCUT2D eigenvalue weighted by atomic mass is 9.97. The number of carbonyl (C=O) groups is 1. The third-order valence-corrected chi connectivity index (χ3v) is 2.56. The first kappa shape index (κ1) is 14.0. The van der Waals surface area contributed by atoms with Gasteiger partial charge in [0.15, 0.2) is 0 Å². The molecular weight excluding hydrogens is 230 g/mol. The maximum atomic E-state index is 10.8. The zero-order valence-corrected chi connectivity index (χ0v) is 10.7. The van der Waals surface area contributed by atoms with E-state index in [0.29, 0.717) is 12.8 Å². The molecule has 4 nitrogen and oxygen atoms in total. The van der Waals surface area contributed by atoms with Crippen LogP contribution in [0.1, 0.15) is 18.9 Å². The fourth-order valence-corrected chi connectivity index (χ4v) is 1.69. The Morgan fingerprint density at radius 1 is 1.50 bits per heavy atom. The van der Waals surface area contributed by atoms with Gasteiger partial charge in [-0.15, -0.1) is 0 Å². The van der Waals surface area contributed by atoms with E-state index in [2.05, 4.69) is 6.07 Å². The molecule has 0 saturated carbocycles. The molecule has 0 aliphatic heterocycles. The first-order valence-corrected chi connectivity index (χ1v) is 5.79. The van der Waals surface area contributed by atoms with E-state index in [1.54, 1.807) is 7.11 Å². The Morgan fingerprint density at radius 2 is 2.28 bits per heavy atom. The normalized spacial score (nSPS) is 11.4. The predicted octanol–water partition coefficient (Wildman–Crippen LogP) is 2.33. The van der Waals surface area contributed by atoms with Crippen LogP contribution in [-0.4, -0.2) is 19.7 Å². The van der Waals surface area contributed by atoms with Gasteiger partial charge in [-0.1, -0.05) is 12.1 Å². The number of nitrogens with zero attached hydrogens (tertiary/aromatic N) is 1. The van der Waals surface area contributed by atoms with Gasteiger partial charge >= 0.3 is 5.97 Å². The lowest BCUT2D eigenvalue weighted by molar-refractivity contribution is -0.142. The molecule has 1 rings (SSSR count). The molecule has 18 heavy (non-hydrogen) atoms. The van der Waals surface area contributed by atoms with Crippen LogP contribution < -0.4 is 4.74 Å². The summed E-state index contributed by atoms with van der Waals surface area (Å²) in [5.41, 5.74) is 1.07. The SMILES string of the molecule is COc1cccc(CC(CC#N)COC(C)=O)c1. The van der Waals surface area contributed by atoms with Crippen molar-refractivity contribution in [2.45, 2.75) is 19.8 Å². The molecule has 4 heteroatoms. The van der Waals surface area contributed by atoms with E-state index in [9.17, 15) is 4.79 Å². The standard InChI is InChI=1S/C14H17NO3/c1-11(16)18-10-13(6-7-15)8-12-4-3-5-14(9-12)17-2/h3-5,9,13H,6,8,10H2,1-2H3. The van der Waals surface area contributed by atoms with Crippen LogP contribution in [0.5, 0.6) is 5.75 Å². The third kappa shape index (κ3) is 4.88. The average molecular weight is 247 g/mol. The number of nitriles is 1. The monoisotopic (exact) mass is 247 g/mol. The highest BCUT2D eigenvalue weighted by atomic mass is 16.5. The summed E-state index contributed by atoms with van der Waals surface area (Å²) in [7, 11) is 1.62. The summed E-state index contributed by atoms with van der Waals surface area (Å²) in [5.74, 6) is 0.491. The number of hydrogen-bond acceptors (Lipinski definition) is 4. The van der Waals surface area contributed by atoms with Gasteiger partial charge in [-0.05, 0) is 24.1 Å². The van der Waals surface area contributed by atoms with Crippen molar-refractivity contribution >= 4 is 5.97 Å². The van der Waals surface area contributed by atoms with E-state index in [1.165, 1.54) is 6.92 Å². The highest BCUT2D eigenvalue weighted by Crippen LogP contribution is 2.17. The Hall–Kier alpha value is -2.02. The maximum absolute atomic E-state index is 10.8. The quantitative estimate of drug-likeness (QED) is 0.724. The maximum Gasteiger partial charge on any atom is 0.302 e. The molecule has 1 aromatic carbocycles. The Morgan fingerprint density at radius 3 is 2.89 bits per heavy atom. The average Bonchev–Trinajstić information content (AvgIpc) is 2.36. The predicted molar refractivity (Wildman–Crippen MR) is 67.1 cm³/mol. The molecule has 0 aliphatic carbocycles. The largest absolute Gasteiger partial charge is 0.497 e. The summed E-state index contributed by atoms with van der Waals surface area (Å²) in [6.07, 6.45) is 1.06. The number of rotatable bonds is 6. The van der Waals surface area contributed by atoms with Crippen molar-refractivity contribution in [2.24, 2.45) is 5.92 Å².